The van der Waals surface area contributed by atoms with E-state index in [0.29, 0.717) is 5.65 Å². The van der Waals surface area contributed by atoms with Gasteiger partial charge in [-0.05, 0) is 24.6 Å². The average Bonchev–Trinajstić information content (AvgIpc) is 3.05. The minimum Gasteiger partial charge on any atom is -0.339 e. The molecule has 3 aromatic rings. The molecular formula is C14H12N6. The first-order valence-electron chi connectivity index (χ1n) is 6.38. The molecule has 20 heavy (non-hydrogen) atoms. The minimum atomic E-state index is 0.605. The summed E-state index contributed by atoms with van der Waals surface area (Å²) in [5.74, 6) is 0.751. The molecule has 0 radical (unpaired) electrons. The maximum absolute atomic E-state index is 4.44. The fourth-order valence-electron chi connectivity index (χ4n) is 2.40. The molecule has 4 rings (SSSR count). The van der Waals surface area contributed by atoms with Gasteiger partial charge < -0.3 is 5.32 Å². The zero-order chi connectivity index (χ0) is 13.5. The highest BCUT2D eigenvalue weighted by Gasteiger charge is 2.13. The molecule has 0 fully saturated rings. The molecule has 6 heteroatoms. The van der Waals surface area contributed by atoms with Crippen molar-refractivity contribution in [1.29, 1.82) is 0 Å². The molecule has 2 aromatic heterocycles. The maximum atomic E-state index is 4.44. The normalized spacial score (nSPS) is 13.3. The van der Waals surface area contributed by atoms with Crippen LogP contribution in [0.2, 0.25) is 0 Å². The number of aliphatic imine (C=N–C) groups is 1. The SMILES string of the molecule is CC1=NCc2ccc(Nc3[nH]nc4nccnc34)cc21. The van der Waals surface area contributed by atoms with E-state index in [1.54, 1.807) is 12.4 Å². The maximum Gasteiger partial charge on any atom is 0.201 e. The highest BCUT2D eigenvalue weighted by Crippen LogP contribution is 2.26. The van der Waals surface area contributed by atoms with Crippen LogP contribution in [-0.2, 0) is 6.54 Å². The van der Waals surface area contributed by atoms with E-state index >= 15 is 0 Å². The van der Waals surface area contributed by atoms with Crippen molar-refractivity contribution in [2.45, 2.75) is 13.5 Å². The van der Waals surface area contributed by atoms with Gasteiger partial charge in [-0.2, -0.15) is 5.10 Å². The second-order valence-corrected chi connectivity index (χ2v) is 4.73. The first-order chi connectivity index (χ1) is 9.81. The summed E-state index contributed by atoms with van der Waals surface area (Å²) in [6.45, 7) is 2.81. The molecule has 6 nitrogen and oxygen atoms in total. The fraction of sp³-hybridized carbons (Fsp3) is 0.143. The number of hydrogen-bond acceptors (Lipinski definition) is 5. The third-order valence-corrected chi connectivity index (χ3v) is 3.44. The largest absolute Gasteiger partial charge is 0.339 e. The summed E-state index contributed by atoms with van der Waals surface area (Å²) < 4.78 is 0. The van der Waals surface area contributed by atoms with Gasteiger partial charge in [0.1, 0.15) is 0 Å². The lowest BCUT2D eigenvalue weighted by atomic mass is 10.1. The average molecular weight is 264 g/mol. The Morgan fingerprint density at radius 2 is 2.10 bits per heavy atom. The van der Waals surface area contributed by atoms with Crippen molar-refractivity contribution < 1.29 is 0 Å². The van der Waals surface area contributed by atoms with Gasteiger partial charge in [0, 0.05) is 29.4 Å². The Morgan fingerprint density at radius 1 is 1.20 bits per heavy atom. The topological polar surface area (TPSA) is 78.9 Å². The van der Waals surface area contributed by atoms with Gasteiger partial charge in [0.2, 0.25) is 5.65 Å². The van der Waals surface area contributed by atoms with Gasteiger partial charge in [0.05, 0.1) is 6.54 Å². The Kier molecular flexibility index (Phi) is 2.29. The molecule has 0 bridgehead atoms. The molecule has 0 spiro atoms. The van der Waals surface area contributed by atoms with Gasteiger partial charge in [-0.25, -0.2) is 9.97 Å². The van der Waals surface area contributed by atoms with Crippen molar-refractivity contribution in [3.63, 3.8) is 0 Å². The number of nitrogens with zero attached hydrogens (tertiary/aromatic N) is 4. The van der Waals surface area contributed by atoms with Crippen molar-refractivity contribution in [2.75, 3.05) is 5.32 Å². The number of H-pyrrole nitrogens is 1. The number of aromatic amines is 1. The fourth-order valence-corrected chi connectivity index (χ4v) is 2.40. The second kappa shape index (κ2) is 4.12. The molecule has 2 N–H and O–H groups in total. The number of benzene rings is 1. The van der Waals surface area contributed by atoms with Gasteiger partial charge in [0.25, 0.3) is 0 Å². The molecule has 0 unspecified atom stereocenters. The van der Waals surface area contributed by atoms with E-state index in [-0.39, 0.29) is 0 Å². The smallest absolute Gasteiger partial charge is 0.201 e. The van der Waals surface area contributed by atoms with Crippen molar-refractivity contribution >= 4 is 28.4 Å². The van der Waals surface area contributed by atoms with E-state index in [0.717, 1.165) is 29.3 Å². The number of anilines is 2. The van der Waals surface area contributed by atoms with E-state index in [4.69, 9.17) is 0 Å². The lowest BCUT2D eigenvalue weighted by molar-refractivity contribution is 1.10. The standard InChI is InChI=1S/C14H12N6/c1-8-11-6-10(3-2-9(11)7-17-8)18-14-12-13(19-20-14)16-5-4-15-12/h2-6H,7H2,1H3,(H2,16,18,19,20). The van der Waals surface area contributed by atoms with Crippen LogP contribution < -0.4 is 5.32 Å². The summed E-state index contributed by atoms with van der Waals surface area (Å²) >= 11 is 0. The van der Waals surface area contributed by atoms with Crippen LogP contribution in [-0.4, -0.2) is 25.9 Å². The number of aromatic nitrogens is 4. The number of hydrogen-bond donors (Lipinski definition) is 2. The summed E-state index contributed by atoms with van der Waals surface area (Å²) in [7, 11) is 0. The van der Waals surface area contributed by atoms with Crippen LogP contribution in [0.1, 0.15) is 18.1 Å². The number of rotatable bonds is 2. The first kappa shape index (κ1) is 11.1. The quantitative estimate of drug-likeness (QED) is 0.745. The summed E-state index contributed by atoms with van der Waals surface area (Å²) in [4.78, 5) is 12.9. The van der Waals surface area contributed by atoms with E-state index in [9.17, 15) is 0 Å². The Labute approximate surface area is 115 Å². The van der Waals surface area contributed by atoms with Crippen molar-refractivity contribution in [2.24, 2.45) is 4.99 Å². The van der Waals surface area contributed by atoms with E-state index < -0.39 is 0 Å². The Balaban J connectivity index is 1.73. The van der Waals surface area contributed by atoms with Gasteiger partial charge in [-0.1, -0.05) is 6.07 Å². The van der Waals surface area contributed by atoms with E-state index in [2.05, 4.69) is 42.6 Å². The Morgan fingerprint density at radius 3 is 3.05 bits per heavy atom. The van der Waals surface area contributed by atoms with Crippen LogP contribution in [0.15, 0.2) is 35.6 Å². The summed E-state index contributed by atoms with van der Waals surface area (Å²) in [5, 5.41) is 10.3. The molecule has 0 aliphatic carbocycles. The molecular weight excluding hydrogens is 252 g/mol. The highest BCUT2D eigenvalue weighted by molar-refractivity contribution is 6.02. The van der Waals surface area contributed by atoms with Crippen molar-refractivity contribution in [3.8, 4) is 0 Å². The van der Waals surface area contributed by atoms with Gasteiger partial charge >= 0.3 is 0 Å². The number of nitrogens with one attached hydrogen (secondary N) is 2. The first-order valence-corrected chi connectivity index (χ1v) is 6.38. The van der Waals surface area contributed by atoms with Crippen LogP contribution in [0.5, 0.6) is 0 Å². The monoisotopic (exact) mass is 264 g/mol. The van der Waals surface area contributed by atoms with E-state index in [1.165, 1.54) is 11.1 Å². The molecule has 0 saturated heterocycles. The molecule has 1 aliphatic rings. The lowest BCUT2D eigenvalue weighted by Gasteiger charge is -2.06. The van der Waals surface area contributed by atoms with Crippen molar-refractivity contribution in [3.05, 3.63) is 41.7 Å². The minimum absolute atomic E-state index is 0.605. The van der Waals surface area contributed by atoms with Crippen LogP contribution in [0.25, 0.3) is 11.2 Å². The summed E-state index contributed by atoms with van der Waals surface area (Å²) in [6, 6.07) is 6.24. The molecule has 1 aliphatic heterocycles. The predicted octanol–water partition coefficient (Wildman–Crippen LogP) is 2.42. The molecule has 0 saturated carbocycles. The van der Waals surface area contributed by atoms with E-state index in [1.807, 2.05) is 13.0 Å². The molecule has 98 valence electrons. The second-order valence-electron chi connectivity index (χ2n) is 4.73. The van der Waals surface area contributed by atoms with Gasteiger partial charge in [-0.15, -0.1) is 0 Å². The van der Waals surface area contributed by atoms with Crippen molar-refractivity contribution in [1.82, 2.24) is 20.2 Å². The molecule has 0 amide bonds. The van der Waals surface area contributed by atoms with Crippen LogP contribution in [0.3, 0.4) is 0 Å². The highest BCUT2D eigenvalue weighted by atomic mass is 15.2. The molecule has 3 heterocycles. The van der Waals surface area contributed by atoms with Gasteiger partial charge in [-0.3, -0.25) is 10.1 Å². The Bertz CT molecular complexity index is 833. The van der Waals surface area contributed by atoms with Gasteiger partial charge in [0.15, 0.2) is 11.3 Å². The van der Waals surface area contributed by atoms with Crippen LogP contribution in [0, 0.1) is 0 Å². The zero-order valence-corrected chi connectivity index (χ0v) is 10.9. The third-order valence-electron chi connectivity index (χ3n) is 3.44. The Hall–Kier alpha value is -2.76. The lowest BCUT2D eigenvalue weighted by Crippen LogP contribution is -1.97. The zero-order valence-electron chi connectivity index (χ0n) is 10.9. The van der Waals surface area contributed by atoms with Crippen LogP contribution >= 0.6 is 0 Å². The summed E-state index contributed by atoms with van der Waals surface area (Å²) in [6.07, 6.45) is 3.28. The van der Waals surface area contributed by atoms with Crippen LogP contribution in [0.4, 0.5) is 11.5 Å². The molecule has 1 aromatic carbocycles. The summed E-state index contributed by atoms with van der Waals surface area (Å²) in [5.41, 5.74) is 5.87. The third kappa shape index (κ3) is 1.65. The predicted molar refractivity (Wildman–Crippen MR) is 77.3 cm³/mol. The number of fused-ring (bicyclic) bond motifs is 2. The molecule has 0 atom stereocenters.